The van der Waals surface area contributed by atoms with Crippen LogP contribution in [-0.4, -0.2) is 47.4 Å². The SMILES string of the molecule is CCCCCCCCCCCCCCCCCC/C=C/C(O)C(CO)NC(=O)CCCCCCCCC/C=C\CCCCCCOC(=O)CCCCCCCCCCCCCCCCCC. The van der Waals surface area contributed by atoms with Gasteiger partial charge >= 0.3 is 5.97 Å². The van der Waals surface area contributed by atoms with Crippen LogP contribution < -0.4 is 5.32 Å². The third-order valence-electron chi connectivity index (χ3n) is 13.7. The maximum atomic E-state index is 12.5. The van der Waals surface area contributed by atoms with Gasteiger partial charge in [-0.15, -0.1) is 0 Å². The molecule has 0 aromatic heterocycles. The molecule has 6 nitrogen and oxygen atoms in total. The first-order valence-electron chi connectivity index (χ1n) is 29.6. The molecular weight excluding hydrogens is 815 g/mol. The quantitative estimate of drug-likeness (QED) is 0.0321. The second kappa shape index (κ2) is 55.9. The Bertz CT molecular complexity index is 1030. The number of allylic oxidation sites excluding steroid dienone is 3. The van der Waals surface area contributed by atoms with Crippen molar-refractivity contribution in [3.8, 4) is 0 Å². The van der Waals surface area contributed by atoms with Gasteiger partial charge in [0.1, 0.15) is 0 Å². The first-order valence-corrected chi connectivity index (χ1v) is 29.6. The Balaban J connectivity index is 3.49. The zero-order valence-electron chi connectivity index (χ0n) is 44.4. The lowest BCUT2D eigenvalue weighted by Crippen LogP contribution is -2.45. The predicted octanol–water partition coefficient (Wildman–Crippen LogP) is 18.2. The van der Waals surface area contributed by atoms with E-state index in [1.165, 1.54) is 225 Å². The lowest BCUT2D eigenvalue weighted by molar-refractivity contribution is -0.143. The van der Waals surface area contributed by atoms with Crippen LogP contribution in [0.15, 0.2) is 24.3 Å². The molecule has 1 amide bonds. The molecule has 0 aliphatic rings. The smallest absolute Gasteiger partial charge is 0.305 e. The molecule has 0 aliphatic heterocycles. The summed E-state index contributed by atoms with van der Waals surface area (Å²) in [6.45, 7) is 4.89. The van der Waals surface area contributed by atoms with Gasteiger partial charge in [-0.2, -0.15) is 0 Å². The first kappa shape index (κ1) is 64.3. The Labute approximate surface area is 411 Å². The molecule has 0 rings (SSSR count). The molecular formula is C60H115NO5. The molecule has 390 valence electrons. The lowest BCUT2D eigenvalue weighted by Gasteiger charge is -2.20. The Kier molecular flexibility index (Phi) is 54.5. The number of esters is 1. The highest BCUT2D eigenvalue weighted by atomic mass is 16.5. The van der Waals surface area contributed by atoms with Crippen LogP contribution in [0.25, 0.3) is 0 Å². The first-order chi connectivity index (χ1) is 32.5. The second-order valence-corrected chi connectivity index (χ2v) is 20.3. The van der Waals surface area contributed by atoms with Crippen LogP contribution in [0.4, 0.5) is 0 Å². The number of aliphatic hydroxyl groups is 2. The summed E-state index contributed by atoms with van der Waals surface area (Å²) in [6.07, 6.45) is 67.7. The van der Waals surface area contributed by atoms with E-state index >= 15 is 0 Å². The van der Waals surface area contributed by atoms with E-state index in [2.05, 4.69) is 31.3 Å². The highest BCUT2D eigenvalue weighted by Crippen LogP contribution is 2.17. The lowest BCUT2D eigenvalue weighted by atomic mass is 10.0. The minimum absolute atomic E-state index is 0.00741. The van der Waals surface area contributed by atoms with E-state index in [1.54, 1.807) is 6.08 Å². The second-order valence-electron chi connectivity index (χ2n) is 20.3. The number of carbonyl (C=O) groups excluding carboxylic acids is 2. The molecule has 0 aromatic rings. The largest absolute Gasteiger partial charge is 0.466 e. The van der Waals surface area contributed by atoms with E-state index < -0.39 is 12.1 Å². The number of rotatable bonds is 55. The van der Waals surface area contributed by atoms with Gasteiger partial charge in [0.25, 0.3) is 0 Å². The molecule has 0 saturated heterocycles. The Hall–Kier alpha value is -1.66. The van der Waals surface area contributed by atoms with Crippen molar-refractivity contribution in [2.75, 3.05) is 13.2 Å². The van der Waals surface area contributed by atoms with E-state index in [9.17, 15) is 19.8 Å². The average Bonchev–Trinajstić information content (AvgIpc) is 3.32. The van der Waals surface area contributed by atoms with Crippen molar-refractivity contribution in [3.63, 3.8) is 0 Å². The maximum absolute atomic E-state index is 12.5. The van der Waals surface area contributed by atoms with E-state index in [0.29, 0.717) is 19.4 Å². The normalized spacial score (nSPS) is 12.7. The average molecular weight is 931 g/mol. The summed E-state index contributed by atoms with van der Waals surface area (Å²) < 4.78 is 5.47. The van der Waals surface area contributed by atoms with Crippen LogP contribution in [-0.2, 0) is 14.3 Å². The molecule has 3 N–H and O–H groups in total. The van der Waals surface area contributed by atoms with Crippen molar-refractivity contribution in [1.29, 1.82) is 0 Å². The molecule has 0 bridgehead atoms. The standard InChI is InChI=1S/C60H115NO5/c1-3-5-7-9-11-13-15-17-19-21-22-24-28-32-36-40-44-48-52-58(63)57(56-62)61-59(64)53-49-45-41-37-33-29-25-23-27-31-35-39-43-47-51-55-66-60(65)54-50-46-42-38-34-30-26-20-18-16-14-12-10-8-6-4-2/h27,31,48,52,57-58,62-63H,3-26,28-30,32-47,49-51,53-56H2,1-2H3,(H,61,64)/b31-27-,52-48+. The van der Waals surface area contributed by atoms with Crippen molar-refractivity contribution >= 4 is 11.9 Å². The maximum Gasteiger partial charge on any atom is 0.305 e. The molecule has 0 spiro atoms. The fourth-order valence-electron chi connectivity index (χ4n) is 9.16. The molecule has 2 unspecified atom stereocenters. The van der Waals surface area contributed by atoms with E-state index in [-0.39, 0.29) is 18.5 Å². The number of nitrogens with one attached hydrogen (secondary N) is 1. The minimum Gasteiger partial charge on any atom is -0.466 e. The van der Waals surface area contributed by atoms with Crippen molar-refractivity contribution < 1.29 is 24.5 Å². The number of unbranched alkanes of at least 4 members (excludes halogenated alkanes) is 42. The zero-order valence-corrected chi connectivity index (χ0v) is 44.4. The van der Waals surface area contributed by atoms with E-state index in [1.807, 2.05) is 6.08 Å². The van der Waals surface area contributed by atoms with Crippen molar-refractivity contribution in [2.45, 2.75) is 334 Å². The van der Waals surface area contributed by atoms with Gasteiger partial charge in [-0.25, -0.2) is 0 Å². The number of hydrogen-bond acceptors (Lipinski definition) is 5. The molecule has 66 heavy (non-hydrogen) atoms. The summed E-state index contributed by atoms with van der Waals surface area (Å²) in [5.74, 6) is -0.0883. The van der Waals surface area contributed by atoms with Crippen LogP contribution in [0, 0.1) is 0 Å². The number of ether oxygens (including phenoxy) is 1. The molecule has 2 atom stereocenters. The topological polar surface area (TPSA) is 95.9 Å². The number of amides is 1. The molecule has 0 fully saturated rings. The minimum atomic E-state index is -0.854. The third kappa shape index (κ3) is 51.7. The molecule has 0 aliphatic carbocycles. The zero-order chi connectivity index (χ0) is 47.9. The van der Waals surface area contributed by atoms with Crippen LogP contribution in [0.3, 0.4) is 0 Å². The highest BCUT2D eigenvalue weighted by molar-refractivity contribution is 5.76. The van der Waals surface area contributed by atoms with E-state index in [0.717, 1.165) is 70.6 Å². The highest BCUT2D eigenvalue weighted by Gasteiger charge is 2.18. The summed E-state index contributed by atoms with van der Waals surface area (Å²) >= 11 is 0. The van der Waals surface area contributed by atoms with Gasteiger partial charge in [-0.05, 0) is 57.8 Å². The van der Waals surface area contributed by atoms with Crippen LogP contribution in [0.5, 0.6) is 0 Å². The van der Waals surface area contributed by atoms with Crippen LogP contribution in [0.2, 0.25) is 0 Å². The van der Waals surface area contributed by atoms with E-state index in [4.69, 9.17) is 4.74 Å². The fraction of sp³-hybridized carbons (Fsp3) is 0.900. The predicted molar refractivity (Wildman–Crippen MR) is 287 cm³/mol. The van der Waals surface area contributed by atoms with Gasteiger partial charge in [0.15, 0.2) is 0 Å². The summed E-state index contributed by atoms with van der Waals surface area (Å²) in [6, 6.07) is -0.639. The monoisotopic (exact) mass is 930 g/mol. The van der Waals surface area contributed by atoms with Crippen molar-refractivity contribution in [1.82, 2.24) is 5.32 Å². The summed E-state index contributed by atoms with van der Waals surface area (Å²) in [5.41, 5.74) is 0. The Morgan fingerprint density at radius 3 is 1.08 bits per heavy atom. The van der Waals surface area contributed by atoms with Crippen LogP contribution in [0.1, 0.15) is 322 Å². The summed E-state index contributed by atoms with van der Waals surface area (Å²) in [4.78, 5) is 24.5. The van der Waals surface area contributed by atoms with Crippen LogP contribution >= 0.6 is 0 Å². The van der Waals surface area contributed by atoms with Gasteiger partial charge < -0.3 is 20.3 Å². The Morgan fingerprint density at radius 1 is 0.409 bits per heavy atom. The third-order valence-corrected chi connectivity index (χ3v) is 13.7. The number of aliphatic hydroxyl groups excluding tert-OH is 2. The van der Waals surface area contributed by atoms with Crippen molar-refractivity contribution in [3.05, 3.63) is 24.3 Å². The Morgan fingerprint density at radius 2 is 0.712 bits per heavy atom. The van der Waals surface area contributed by atoms with Gasteiger partial charge in [-0.3, -0.25) is 9.59 Å². The molecule has 0 aromatic carbocycles. The number of carbonyl (C=O) groups is 2. The molecule has 0 heterocycles. The van der Waals surface area contributed by atoms with Gasteiger partial charge in [0, 0.05) is 12.8 Å². The molecule has 0 radical (unpaired) electrons. The summed E-state index contributed by atoms with van der Waals surface area (Å²) in [5, 5.41) is 23.1. The molecule has 0 saturated carbocycles. The van der Waals surface area contributed by atoms with Gasteiger partial charge in [-0.1, -0.05) is 276 Å². The molecule has 6 heteroatoms. The summed E-state index contributed by atoms with van der Waals surface area (Å²) in [7, 11) is 0. The fourth-order valence-corrected chi connectivity index (χ4v) is 9.16. The van der Waals surface area contributed by atoms with Gasteiger partial charge in [0.05, 0.1) is 25.4 Å². The van der Waals surface area contributed by atoms with Gasteiger partial charge in [0.2, 0.25) is 5.91 Å². The number of hydrogen-bond donors (Lipinski definition) is 3. The van der Waals surface area contributed by atoms with Crippen molar-refractivity contribution in [2.24, 2.45) is 0 Å².